The molecule has 1 fully saturated rings. The molecule has 1 saturated heterocycles. The Bertz CT molecular complexity index is 1240. The fraction of sp³-hybridized carbons (Fsp3) is 0.185. The molecule has 0 unspecified atom stereocenters. The molecule has 0 aliphatic carbocycles. The standard InChI is InChI=1S/C27H26N4S/c1-18-15-19(2)17-22(16-18)31-26(25(29-27(31)32)23-11-7-8-14-28-23)24-13-12-20(3)30(24)21-9-5-4-6-10-21/h4-17,25-26H,1-3H3,(H,29,32)/t25-,26+/m1/s1. The quantitative estimate of drug-likeness (QED) is 0.398. The minimum Gasteiger partial charge on any atom is -0.351 e. The van der Waals surface area contributed by atoms with Crippen LogP contribution in [0.3, 0.4) is 0 Å². The van der Waals surface area contributed by atoms with Crippen LogP contribution in [0.2, 0.25) is 0 Å². The molecule has 0 amide bonds. The van der Waals surface area contributed by atoms with Gasteiger partial charge in [0.25, 0.3) is 0 Å². The maximum absolute atomic E-state index is 5.91. The van der Waals surface area contributed by atoms with Gasteiger partial charge in [-0.2, -0.15) is 0 Å². The number of anilines is 1. The number of para-hydroxylation sites is 1. The smallest absolute Gasteiger partial charge is 0.174 e. The molecule has 160 valence electrons. The number of aryl methyl sites for hydroxylation is 3. The molecule has 1 aliphatic rings. The molecule has 0 spiro atoms. The number of hydrogen-bond donors (Lipinski definition) is 1. The number of benzene rings is 2. The van der Waals surface area contributed by atoms with E-state index in [1.54, 1.807) is 0 Å². The number of aromatic nitrogens is 2. The van der Waals surface area contributed by atoms with Gasteiger partial charge >= 0.3 is 0 Å². The van der Waals surface area contributed by atoms with E-state index in [1.165, 1.54) is 22.5 Å². The van der Waals surface area contributed by atoms with Crippen LogP contribution < -0.4 is 10.2 Å². The molecule has 2 atom stereocenters. The normalized spacial score (nSPS) is 18.1. The van der Waals surface area contributed by atoms with Gasteiger partial charge in [0.15, 0.2) is 5.11 Å². The van der Waals surface area contributed by atoms with Gasteiger partial charge in [0.05, 0.1) is 11.7 Å². The molecular weight excluding hydrogens is 412 g/mol. The van der Waals surface area contributed by atoms with Crippen molar-refractivity contribution < 1.29 is 0 Å². The third kappa shape index (κ3) is 3.59. The van der Waals surface area contributed by atoms with Gasteiger partial charge < -0.3 is 14.8 Å². The maximum Gasteiger partial charge on any atom is 0.174 e. The number of hydrogen-bond acceptors (Lipinski definition) is 2. The lowest BCUT2D eigenvalue weighted by molar-refractivity contribution is 0.548. The summed E-state index contributed by atoms with van der Waals surface area (Å²) in [6.07, 6.45) is 1.85. The summed E-state index contributed by atoms with van der Waals surface area (Å²) in [5.41, 5.74) is 8.02. The predicted octanol–water partition coefficient (Wildman–Crippen LogP) is 5.97. The van der Waals surface area contributed by atoms with Crippen molar-refractivity contribution in [3.63, 3.8) is 0 Å². The second kappa shape index (κ2) is 8.24. The van der Waals surface area contributed by atoms with Crippen LogP contribution in [0, 0.1) is 20.8 Å². The minimum atomic E-state index is -0.0683. The SMILES string of the molecule is Cc1cc(C)cc(N2C(=S)N[C@H](c3ccccn3)[C@@H]2c2ccc(C)n2-c2ccccc2)c1. The number of thiocarbonyl (C=S) groups is 1. The molecule has 3 heterocycles. The van der Waals surface area contributed by atoms with Gasteiger partial charge in [-0.3, -0.25) is 4.98 Å². The Morgan fingerprint density at radius 2 is 1.53 bits per heavy atom. The summed E-state index contributed by atoms with van der Waals surface area (Å²) in [6, 6.07) is 27.4. The van der Waals surface area contributed by atoms with Crippen molar-refractivity contribution in [2.45, 2.75) is 32.9 Å². The predicted molar refractivity (Wildman–Crippen MR) is 134 cm³/mol. The molecule has 5 rings (SSSR count). The summed E-state index contributed by atoms with van der Waals surface area (Å²) in [7, 11) is 0. The molecule has 0 radical (unpaired) electrons. The fourth-order valence-corrected chi connectivity index (χ4v) is 5.09. The minimum absolute atomic E-state index is 0.0486. The Morgan fingerprint density at radius 3 is 2.22 bits per heavy atom. The van der Waals surface area contributed by atoms with Crippen LogP contribution in [0.15, 0.2) is 85.1 Å². The largest absolute Gasteiger partial charge is 0.351 e. The van der Waals surface area contributed by atoms with Crippen LogP contribution in [0.4, 0.5) is 5.69 Å². The molecule has 0 saturated carbocycles. The van der Waals surface area contributed by atoms with Gasteiger partial charge in [0.2, 0.25) is 0 Å². The van der Waals surface area contributed by atoms with Crippen LogP contribution >= 0.6 is 12.2 Å². The Morgan fingerprint density at radius 1 is 0.812 bits per heavy atom. The van der Waals surface area contributed by atoms with Crippen molar-refractivity contribution in [2.75, 3.05) is 4.90 Å². The van der Waals surface area contributed by atoms with Crippen molar-refractivity contribution >= 4 is 23.0 Å². The average Bonchev–Trinajstić information content (AvgIpc) is 3.33. The summed E-state index contributed by atoms with van der Waals surface area (Å²) in [6.45, 7) is 6.41. The molecule has 0 bridgehead atoms. The highest BCUT2D eigenvalue weighted by atomic mass is 32.1. The molecule has 4 aromatic rings. The molecule has 4 nitrogen and oxygen atoms in total. The van der Waals surface area contributed by atoms with Gasteiger partial charge in [0.1, 0.15) is 6.04 Å². The van der Waals surface area contributed by atoms with Crippen molar-refractivity contribution in [3.8, 4) is 5.69 Å². The molecule has 1 N–H and O–H groups in total. The second-order valence-electron chi connectivity index (χ2n) is 8.41. The molecule has 1 aliphatic heterocycles. The van der Waals surface area contributed by atoms with Gasteiger partial charge in [-0.15, -0.1) is 0 Å². The lowest BCUT2D eigenvalue weighted by atomic mass is 10.00. The highest BCUT2D eigenvalue weighted by Gasteiger charge is 2.42. The Kier molecular flexibility index (Phi) is 5.27. The Labute approximate surface area is 194 Å². The highest BCUT2D eigenvalue weighted by molar-refractivity contribution is 7.80. The van der Waals surface area contributed by atoms with E-state index < -0.39 is 0 Å². The van der Waals surface area contributed by atoms with Crippen LogP contribution in [0.25, 0.3) is 5.69 Å². The first-order valence-corrected chi connectivity index (χ1v) is 11.3. The van der Waals surface area contributed by atoms with Crippen LogP contribution in [0.1, 0.15) is 40.3 Å². The lowest BCUT2D eigenvalue weighted by Gasteiger charge is -2.30. The van der Waals surface area contributed by atoms with Crippen molar-refractivity contribution in [1.29, 1.82) is 0 Å². The van der Waals surface area contributed by atoms with E-state index in [9.17, 15) is 0 Å². The average molecular weight is 439 g/mol. The molecule has 2 aromatic heterocycles. The molecule has 32 heavy (non-hydrogen) atoms. The zero-order valence-corrected chi connectivity index (χ0v) is 19.3. The van der Waals surface area contributed by atoms with E-state index in [0.717, 1.165) is 17.1 Å². The van der Waals surface area contributed by atoms with E-state index >= 15 is 0 Å². The number of pyridine rings is 1. The zero-order chi connectivity index (χ0) is 22.2. The van der Waals surface area contributed by atoms with Crippen molar-refractivity contribution in [2.24, 2.45) is 0 Å². The lowest BCUT2D eigenvalue weighted by Crippen LogP contribution is -2.30. The van der Waals surface area contributed by atoms with E-state index in [4.69, 9.17) is 12.2 Å². The zero-order valence-electron chi connectivity index (χ0n) is 18.5. The van der Waals surface area contributed by atoms with Gasteiger partial charge in [-0.25, -0.2) is 0 Å². The number of nitrogens with one attached hydrogen (secondary N) is 1. The summed E-state index contributed by atoms with van der Waals surface area (Å²) >= 11 is 5.91. The molecule has 5 heteroatoms. The third-order valence-corrected chi connectivity index (χ3v) is 6.32. The second-order valence-corrected chi connectivity index (χ2v) is 8.80. The molecule has 2 aromatic carbocycles. The third-order valence-electron chi connectivity index (χ3n) is 6.01. The van der Waals surface area contributed by atoms with Gasteiger partial charge in [-0.05, 0) is 92.6 Å². The first-order valence-electron chi connectivity index (χ1n) is 10.9. The van der Waals surface area contributed by atoms with Gasteiger partial charge in [-0.1, -0.05) is 30.3 Å². The Hall–Kier alpha value is -3.44. The fourth-order valence-electron chi connectivity index (χ4n) is 4.74. The van der Waals surface area contributed by atoms with Crippen LogP contribution in [-0.4, -0.2) is 14.7 Å². The van der Waals surface area contributed by atoms with E-state index in [2.05, 4.69) is 101 Å². The van der Waals surface area contributed by atoms with Crippen molar-refractivity contribution in [1.82, 2.24) is 14.9 Å². The summed E-state index contributed by atoms with van der Waals surface area (Å²) in [4.78, 5) is 6.94. The first-order chi connectivity index (χ1) is 15.5. The van der Waals surface area contributed by atoms with E-state index in [-0.39, 0.29) is 12.1 Å². The number of rotatable bonds is 4. The van der Waals surface area contributed by atoms with Crippen LogP contribution in [-0.2, 0) is 0 Å². The van der Waals surface area contributed by atoms with E-state index in [0.29, 0.717) is 5.11 Å². The van der Waals surface area contributed by atoms with Gasteiger partial charge in [0, 0.05) is 29.0 Å². The first kappa shape index (κ1) is 20.5. The van der Waals surface area contributed by atoms with Crippen LogP contribution in [0.5, 0.6) is 0 Å². The molecular formula is C27H26N4S. The van der Waals surface area contributed by atoms with E-state index in [1.807, 2.05) is 24.4 Å². The van der Waals surface area contributed by atoms with Crippen molar-refractivity contribution in [3.05, 3.63) is 113 Å². The Balaban J connectivity index is 1.72. The highest BCUT2D eigenvalue weighted by Crippen LogP contribution is 2.43. The summed E-state index contributed by atoms with van der Waals surface area (Å²) in [5, 5.41) is 4.29. The topological polar surface area (TPSA) is 33.1 Å². The summed E-state index contributed by atoms with van der Waals surface area (Å²) < 4.78 is 2.33. The monoisotopic (exact) mass is 438 g/mol. The maximum atomic E-state index is 5.91. The summed E-state index contributed by atoms with van der Waals surface area (Å²) in [5.74, 6) is 0. The number of nitrogens with zero attached hydrogens (tertiary/aromatic N) is 3.